The van der Waals surface area contributed by atoms with Crippen molar-refractivity contribution < 1.29 is 13.9 Å². The summed E-state index contributed by atoms with van der Waals surface area (Å²) in [6.07, 6.45) is 5.14. The molecule has 0 saturated carbocycles. The summed E-state index contributed by atoms with van der Waals surface area (Å²) in [7, 11) is 0. The summed E-state index contributed by atoms with van der Waals surface area (Å²) in [5.74, 6) is 0.161. The number of carbonyl (C=O) groups is 1. The average molecular weight is 388 g/mol. The minimum atomic E-state index is -0.375. The molecule has 0 bridgehead atoms. The number of nitrogens with one attached hydrogen (secondary N) is 1. The molecular formula is C22H17FN4O2. The Morgan fingerprint density at radius 2 is 1.93 bits per heavy atom. The number of nitrogens with zero attached hydrogens (tertiary/aromatic N) is 3. The highest BCUT2D eigenvalue weighted by Gasteiger charge is 2.07. The van der Waals surface area contributed by atoms with Crippen LogP contribution in [-0.2, 0) is 6.54 Å². The van der Waals surface area contributed by atoms with Crippen LogP contribution in [0.5, 0.6) is 11.6 Å². The summed E-state index contributed by atoms with van der Waals surface area (Å²) in [6.45, 7) is 0.326. The number of amides is 1. The highest BCUT2D eigenvalue weighted by Crippen LogP contribution is 2.20. The molecule has 4 aromatic rings. The van der Waals surface area contributed by atoms with Crippen LogP contribution >= 0.6 is 0 Å². The van der Waals surface area contributed by atoms with E-state index in [0.717, 1.165) is 11.3 Å². The molecule has 1 amide bonds. The summed E-state index contributed by atoms with van der Waals surface area (Å²) < 4.78 is 20.4. The lowest BCUT2D eigenvalue weighted by Gasteiger charge is -2.08. The van der Waals surface area contributed by atoms with E-state index in [-0.39, 0.29) is 11.7 Å². The van der Waals surface area contributed by atoms with Gasteiger partial charge in [0, 0.05) is 42.8 Å². The average Bonchev–Trinajstić information content (AvgIpc) is 3.28. The van der Waals surface area contributed by atoms with E-state index in [4.69, 9.17) is 4.74 Å². The number of hydrogen-bond acceptors (Lipinski definition) is 4. The predicted molar refractivity (Wildman–Crippen MR) is 105 cm³/mol. The van der Waals surface area contributed by atoms with Crippen LogP contribution in [-0.4, -0.2) is 20.7 Å². The first-order valence-electron chi connectivity index (χ1n) is 8.94. The zero-order valence-electron chi connectivity index (χ0n) is 15.3. The molecule has 0 aliphatic heterocycles. The van der Waals surface area contributed by atoms with Gasteiger partial charge in [0.1, 0.15) is 11.6 Å². The predicted octanol–water partition coefficient (Wildman–Crippen LogP) is 4.13. The van der Waals surface area contributed by atoms with E-state index in [1.807, 2.05) is 24.4 Å². The quantitative estimate of drug-likeness (QED) is 0.539. The lowest BCUT2D eigenvalue weighted by Crippen LogP contribution is -2.22. The minimum absolute atomic E-state index is 0.183. The minimum Gasteiger partial charge on any atom is -0.439 e. The lowest BCUT2D eigenvalue weighted by molar-refractivity contribution is 0.0951. The third-order valence-electron chi connectivity index (χ3n) is 4.17. The standard InChI is InChI=1S/C22H17FN4O2/c23-18-3-1-4-20(13-18)29-21-10-5-16(14-24-21)15-25-22(28)17-6-8-19(9-7-17)27-12-2-11-26-27/h1-14H,15H2,(H,25,28). The summed E-state index contributed by atoms with van der Waals surface area (Å²) in [5, 5.41) is 7.01. The first-order chi connectivity index (χ1) is 14.2. The van der Waals surface area contributed by atoms with Crippen molar-refractivity contribution in [1.82, 2.24) is 20.1 Å². The van der Waals surface area contributed by atoms with Crippen LogP contribution in [0.3, 0.4) is 0 Å². The summed E-state index contributed by atoms with van der Waals surface area (Å²) >= 11 is 0. The van der Waals surface area contributed by atoms with Crippen molar-refractivity contribution in [3.8, 4) is 17.3 Å². The number of rotatable bonds is 6. The molecule has 0 unspecified atom stereocenters. The van der Waals surface area contributed by atoms with Crippen LogP contribution in [0.1, 0.15) is 15.9 Å². The van der Waals surface area contributed by atoms with E-state index in [0.29, 0.717) is 23.7 Å². The SMILES string of the molecule is O=C(NCc1ccc(Oc2cccc(F)c2)nc1)c1ccc(-n2cccn2)cc1. The van der Waals surface area contributed by atoms with Crippen molar-refractivity contribution in [2.75, 3.05) is 0 Å². The first kappa shape index (κ1) is 18.4. The molecule has 1 N–H and O–H groups in total. The zero-order chi connectivity index (χ0) is 20.1. The second-order valence-corrected chi connectivity index (χ2v) is 6.24. The third-order valence-corrected chi connectivity index (χ3v) is 4.17. The van der Waals surface area contributed by atoms with E-state index >= 15 is 0 Å². The first-order valence-corrected chi connectivity index (χ1v) is 8.94. The maximum absolute atomic E-state index is 13.2. The Morgan fingerprint density at radius 1 is 1.07 bits per heavy atom. The molecule has 0 saturated heterocycles. The van der Waals surface area contributed by atoms with Crippen molar-refractivity contribution in [1.29, 1.82) is 0 Å². The Labute approximate surface area is 166 Å². The number of benzene rings is 2. The fourth-order valence-corrected chi connectivity index (χ4v) is 2.70. The molecule has 4 rings (SSSR count). The van der Waals surface area contributed by atoms with Crippen LogP contribution in [0.2, 0.25) is 0 Å². The largest absolute Gasteiger partial charge is 0.439 e. The van der Waals surface area contributed by atoms with Gasteiger partial charge in [-0.05, 0) is 48.0 Å². The van der Waals surface area contributed by atoms with Crippen LogP contribution < -0.4 is 10.1 Å². The molecule has 0 aliphatic rings. The maximum atomic E-state index is 13.2. The molecule has 0 radical (unpaired) electrons. The van der Waals surface area contributed by atoms with Gasteiger partial charge in [0.2, 0.25) is 5.88 Å². The third kappa shape index (κ3) is 4.65. The molecule has 2 heterocycles. The van der Waals surface area contributed by atoms with Crippen LogP contribution in [0.25, 0.3) is 5.69 Å². The Morgan fingerprint density at radius 3 is 2.62 bits per heavy atom. The summed E-state index contributed by atoms with van der Waals surface area (Å²) in [4.78, 5) is 16.5. The Balaban J connectivity index is 1.33. The molecule has 6 nitrogen and oxygen atoms in total. The molecule has 29 heavy (non-hydrogen) atoms. The van der Waals surface area contributed by atoms with Gasteiger partial charge in [-0.1, -0.05) is 12.1 Å². The Kier molecular flexibility index (Phi) is 5.29. The smallest absolute Gasteiger partial charge is 0.251 e. The Bertz CT molecular complexity index is 1090. The number of halogens is 1. The molecule has 0 spiro atoms. The second kappa shape index (κ2) is 8.35. The molecule has 7 heteroatoms. The highest BCUT2D eigenvalue weighted by molar-refractivity contribution is 5.94. The van der Waals surface area contributed by atoms with Gasteiger partial charge < -0.3 is 10.1 Å². The molecule has 2 aromatic heterocycles. The van der Waals surface area contributed by atoms with Gasteiger partial charge in [-0.15, -0.1) is 0 Å². The van der Waals surface area contributed by atoms with Gasteiger partial charge in [-0.3, -0.25) is 4.79 Å². The number of ether oxygens (including phenoxy) is 1. The van der Waals surface area contributed by atoms with Crippen molar-refractivity contribution in [3.63, 3.8) is 0 Å². The molecule has 0 atom stereocenters. The summed E-state index contributed by atoms with van der Waals surface area (Å²) in [5.41, 5.74) is 2.25. The van der Waals surface area contributed by atoms with E-state index in [9.17, 15) is 9.18 Å². The van der Waals surface area contributed by atoms with Gasteiger partial charge in [0.05, 0.1) is 5.69 Å². The van der Waals surface area contributed by atoms with Gasteiger partial charge in [-0.2, -0.15) is 5.10 Å². The Hall–Kier alpha value is -4.00. The lowest BCUT2D eigenvalue weighted by atomic mass is 10.2. The topological polar surface area (TPSA) is 69.0 Å². The highest BCUT2D eigenvalue weighted by atomic mass is 19.1. The van der Waals surface area contributed by atoms with Gasteiger partial charge in [0.25, 0.3) is 5.91 Å². The van der Waals surface area contributed by atoms with Gasteiger partial charge in [-0.25, -0.2) is 14.1 Å². The normalized spacial score (nSPS) is 10.5. The summed E-state index contributed by atoms with van der Waals surface area (Å²) in [6, 6.07) is 18.3. The van der Waals surface area contributed by atoms with Crippen molar-refractivity contribution in [2.45, 2.75) is 6.54 Å². The molecule has 0 aliphatic carbocycles. The van der Waals surface area contributed by atoms with E-state index in [1.165, 1.54) is 12.1 Å². The van der Waals surface area contributed by atoms with Crippen LogP contribution in [0.4, 0.5) is 4.39 Å². The fourth-order valence-electron chi connectivity index (χ4n) is 2.70. The van der Waals surface area contributed by atoms with Gasteiger partial charge >= 0.3 is 0 Å². The molecule has 2 aromatic carbocycles. The van der Waals surface area contributed by atoms with Gasteiger partial charge in [0.15, 0.2) is 0 Å². The number of carbonyl (C=O) groups excluding carboxylic acids is 1. The molecule has 0 fully saturated rings. The number of aromatic nitrogens is 3. The zero-order valence-corrected chi connectivity index (χ0v) is 15.3. The fraction of sp³-hybridized carbons (Fsp3) is 0.0455. The number of hydrogen-bond donors (Lipinski definition) is 1. The van der Waals surface area contributed by atoms with Crippen molar-refractivity contribution in [2.24, 2.45) is 0 Å². The van der Waals surface area contributed by atoms with Crippen molar-refractivity contribution >= 4 is 5.91 Å². The van der Waals surface area contributed by atoms with Crippen LogP contribution in [0.15, 0.2) is 85.3 Å². The monoisotopic (exact) mass is 388 g/mol. The van der Waals surface area contributed by atoms with Crippen LogP contribution in [0, 0.1) is 5.82 Å². The van der Waals surface area contributed by atoms with E-state index in [2.05, 4.69) is 15.4 Å². The van der Waals surface area contributed by atoms with E-state index in [1.54, 1.807) is 53.5 Å². The number of pyridine rings is 1. The molecule has 144 valence electrons. The second-order valence-electron chi connectivity index (χ2n) is 6.24. The van der Waals surface area contributed by atoms with E-state index < -0.39 is 0 Å². The maximum Gasteiger partial charge on any atom is 0.251 e. The van der Waals surface area contributed by atoms with Crippen molar-refractivity contribution in [3.05, 3.63) is 102 Å². The molecular weight excluding hydrogens is 371 g/mol.